The van der Waals surface area contributed by atoms with Crippen LogP contribution in [-0.4, -0.2) is 29.9 Å². The summed E-state index contributed by atoms with van der Waals surface area (Å²) in [6.07, 6.45) is 0.682. The van der Waals surface area contributed by atoms with Crippen LogP contribution in [0.4, 0.5) is 0 Å². The van der Waals surface area contributed by atoms with Crippen molar-refractivity contribution in [3.8, 4) is 0 Å². The number of carbonyl (C=O) groups is 2. The first-order valence-corrected chi connectivity index (χ1v) is 7.98. The molecule has 0 heterocycles. The van der Waals surface area contributed by atoms with Gasteiger partial charge in [-0.25, -0.2) is 0 Å². The first kappa shape index (κ1) is 18.5. The minimum atomic E-state index is -0.277. The predicted octanol–water partition coefficient (Wildman–Crippen LogP) is 3.67. The summed E-state index contributed by atoms with van der Waals surface area (Å²) < 4.78 is 4.92. The minimum Gasteiger partial charge on any atom is -0.466 e. The fourth-order valence-electron chi connectivity index (χ4n) is 2.04. The standard InChI is InChI=1S/C17H24ClNO3/c1-4-22-17(21)9-10-19(16(20)11-13(2)3)12-14-5-7-15(18)8-6-14/h5-8,13H,4,9-12H2,1-3H3. The zero-order chi connectivity index (χ0) is 16.5. The Labute approximate surface area is 137 Å². The van der Waals surface area contributed by atoms with Crippen LogP contribution in [0.3, 0.4) is 0 Å². The maximum absolute atomic E-state index is 12.3. The fourth-order valence-corrected chi connectivity index (χ4v) is 2.17. The highest BCUT2D eigenvalue weighted by molar-refractivity contribution is 6.30. The van der Waals surface area contributed by atoms with E-state index in [1.807, 2.05) is 26.0 Å². The molecule has 0 aliphatic heterocycles. The molecule has 0 atom stereocenters. The van der Waals surface area contributed by atoms with Gasteiger partial charge in [0, 0.05) is 24.5 Å². The number of hydrogen-bond acceptors (Lipinski definition) is 3. The third kappa shape index (κ3) is 6.94. The number of carbonyl (C=O) groups excluding carboxylic acids is 2. The minimum absolute atomic E-state index is 0.0502. The van der Waals surface area contributed by atoms with Gasteiger partial charge in [0.2, 0.25) is 5.91 Å². The van der Waals surface area contributed by atoms with Gasteiger partial charge in [-0.15, -0.1) is 0 Å². The molecule has 1 aromatic rings. The van der Waals surface area contributed by atoms with Gasteiger partial charge in [-0.3, -0.25) is 9.59 Å². The molecular formula is C17H24ClNO3. The number of nitrogens with zero attached hydrogens (tertiary/aromatic N) is 1. The summed E-state index contributed by atoms with van der Waals surface area (Å²) in [6, 6.07) is 7.38. The molecule has 1 aromatic carbocycles. The lowest BCUT2D eigenvalue weighted by Crippen LogP contribution is -2.33. The fraction of sp³-hybridized carbons (Fsp3) is 0.529. The van der Waals surface area contributed by atoms with Gasteiger partial charge in [-0.2, -0.15) is 0 Å². The van der Waals surface area contributed by atoms with Crippen molar-refractivity contribution in [1.82, 2.24) is 4.90 Å². The summed E-state index contributed by atoms with van der Waals surface area (Å²) >= 11 is 5.88. The van der Waals surface area contributed by atoms with E-state index in [1.54, 1.807) is 24.0 Å². The molecule has 0 aliphatic carbocycles. The lowest BCUT2D eigenvalue weighted by Gasteiger charge is -2.23. The van der Waals surface area contributed by atoms with Gasteiger partial charge in [0.15, 0.2) is 0 Å². The van der Waals surface area contributed by atoms with Crippen LogP contribution in [0.1, 0.15) is 39.2 Å². The number of amides is 1. The van der Waals surface area contributed by atoms with Crippen molar-refractivity contribution in [1.29, 1.82) is 0 Å². The van der Waals surface area contributed by atoms with E-state index in [4.69, 9.17) is 16.3 Å². The van der Waals surface area contributed by atoms with Crippen LogP contribution >= 0.6 is 11.6 Å². The number of rotatable bonds is 8. The third-order valence-electron chi connectivity index (χ3n) is 3.11. The first-order chi connectivity index (χ1) is 10.4. The van der Waals surface area contributed by atoms with Crippen LogP contribution in [-0.2, 0) is 20.9 Å². The molecule has 0 N–H and O–H groups in total. The Morgan fingerprint density at radius 3 is 2.41 bits per heavy atom. The van der Waals surface area contributed by atoms with Crippen LogP contribution < -0.4 is 0 Å². The Balaban J connectivity index is 2.70. The van der Waals surface area contributed by atoms with Crippen LogP contribution in [0, 0.1) is 5.92 Å². The Hall–Kier alpha value is -1.55. The van der Waals surface area contributed by atoms with E-state index in [0.717, 1.165) is 5.56 Å². The van der Waals surface area contributed by atoms with E-state index < -0.39 is 0 Å². The second kappa shape index (κ2) is 9.46. The molecule has 22 heavy (non-hydrogen) atoms. The predicted molar refractivity (Wildman–Crippen MR) is 87.6 cm³/mol. The van der Waals surface area contributed by atoms with E-state index >= 15 is 0 Å². The van der Waals surface area contributed by atoms with E-state index in [2.05, 4.69) is 0 Å². The number of benzene rings is 1. The van der Waals surface area contributed by atoms with Crippen molar-refractivity contribution >= 4 is 23.5 Å². The summed E-state index contributed by atoms with van der Waals surface area (Å²) in [5.74, 6) is 0.0537. The van der Waals surface area contributed by atoms with E-state index in [-0.39, 0.29) is 24.2 Å². The van der Waals surface area contributed by atoms with Gasteiger partial charge in [0.1, 0.15) is 0 Å². The SMILES string of the molecule is CCOC(=O)CCN(Cc1ccc(Cl)cc1)C(=O)CC(C)C. The Morgan fingerprint density at radius 2 is 1.86 bits per heavy atom. The highest BCUT2D eigenvalue weighted by Crippen LogP contribution is 2.14. The summed E-state index contributed by atoms with van der Waals surface area (Å²) in [5.41, 5.74) is 0.991. The third-order valence-corrected chi connectivity index (χ3v) is 3.37. The maximum Gasteiger partial charge on any atom is 0.307 e. The maximum atomic E-state index is 12.3. The molecule has 5 heteroatoms. The lowest BCUT2D eigenvalue weighted by molar-refractivity contribution is -0.144. The van der Waals surface area contributed by atoms with Crippen molar-refractivity contribution in [3.63, 3.8) is 0 Å². The molecule has 122 valence electrons. The number of ether oxygens (including phenoxy) is 1. The molecule has 0 spiro atoms. The molecule has 4 nitrogen and oxygen atoms in total. The van der Waals surface area contributed by atoms with Gasteiger partial charge < -0.3 is 9.64 Å². The number of hydrogen-bond donors (Lipinski definition) is 0. The second-order valence-corrected chi connectivity index (χ2v) is 6.03. The molecule has 0 aromatic heterocycles. The summed E-state index contributed by atoms with van der Waals surface area (Å²) in [6.45, 7) is 6.98. The summed E-state index contributed by atoms with van der Waals surface area (Å²) in [5, 5.41) is 0.662. The zero-order valence-corrected chi connectivity index (χ0v) is 14.2. The number of esters is 1. The highest BCUT2D eigenvalue weighted by Gasteiger charge is 2.17. The largest absolute Gasteiger partial charge is 0.466 e. The van der Waals surface area contributed by atoms with Crippen LogP contribution in [0.2, 0.25) is 5.02 Å². The molecule has 0 fully saturated rings. The van der Waals surface area contributed by atoms with Crippen molar-refractivity contribution in [2.24, 2.45) is 5.92 Å². The normalized spacial score (nSPS) is 10.6. The average molecular weight is 326 g/mol. The molecular weight excluding hydrogens is 302 g/mol. The quantitative estimate of drug-likeness (QED) is 0.685. The number of halogens is 1. The van der Waals surface area contributed by atoms with E-state index in [0.29, 0.717) is 31.1 Å². The first-order valence-electron chi connectivity index (χ1n) is 7.60. The van der Waals surface area contributed by atoms with Crippen molar-refractivity contribution in [2.45, 2.75) is 40.2 Å². The molecule has 0 radical (unpaired) electrons. The van der Waals surface area contributed by atoms with E-state index in [9.17, 15) is 9.59 Å². The highest BCUT2D eigenvalue weighted by atomic mass is 35.5. The van der Waals surface area contributed by atoms with Gasteiger partial charge >= 0.3 is 5.97 Å². The topological polar surface area (TPSA) is 46.6 Å². The lowest BCUT2D eigenvalue weighted by atomic mass is 10.1. The van der Waals surface area contributed by atoms with Crippen molar-refractivity contribution in [2.75, 3.05) is 13.2 Å². The van der Waals surface area contributed by atoms with Crippen molar-refractivity contribution in [3.05, 3.63) is 34.9 Å². The van der Waals surface area contributed by atoms with Gasteiger partial charge in [-0.05, 0) is 30.5 Å². The Bertz CT molecular complexity index is 485. The molecule has 1 amide bonds. The Morgan fingerprint density at radius 1 is 1.23 bits per heavy atom. The smallest absolute Gasteiger partial charge is 0.307 e. The Kier molecular flexibility index (Phi) is 7.96. The van der Waals surface area contributed by atoms with Crippen molar-refractivity contribution < 1.29 is 14.3 Å². The molecule has 0 bridgehead atoms. The molecule has 0 aliphatic rings. The zero-order valence-electron chi connectivity index (χ0n) is 13.5. The molecule has 0 saturated heterocycles. The van der Waals surface area contributed by atoms with Crippen LogP contribution in [0.25, 0.3) is 0 Å². The van der Waals surface area contributed by atoms with Gasteiger partial charge in [0.25, 0.3) is 0 Å². The average Bonchev–Trinajstić information content (AvgIpc) is 2.45. The van der Waals surface area contributed by atoms with Crippen LogP contribution in [0.5, 0.6) is 0 Å². The summed E-state index contributed by atoms with van der Waals surface area (Å²) in [4.78, 5) is 25.6. The monoisotopic (exact) mass is 325 g/mol. The molecule has 0 saturated carbocycles. The van der Waals surface area contributed by atoms with Gasteiger partial charge in [0.05, 0.1) is 13.0 Å². The van der Waals surface area contributed by atoms with Gasteiger partial charge in [-0.1, -0.05) is 37.6 Å². The molecule has 0 unspecified atom stereocenters. The summed E-state index contributed by atoms with van der Waals surface area (Å²) in [7, 11) is 0. The molecule has 1 rings (SSSR count). The van der Waals surface area contributed by atoms with Crippen LogP contribution in [0.15, 0.2) is 24.3 Å². The second-order valence-electron chi connectivity index (χ2n) is 5.59. The van der Waals surface area contributed by atoms with E-state index in [1.165, 1.54) is 0 Å².